The molecule has 2 heteroatoms. The summed E-state index contributed by atoms with van der Waals surface area (Å²) in [5, 5.41) is 3.44. The summed E-state index contributed by atoms with van der Waals surface area (Å²) >= 11 is 0. The number of rotatable bonds is 3. The zero-order valence-electron chi connectivity index (χ0n) is 9.09. The molecule has 15 heavy (non-hydrogen) atoms. The fourth-order valence-electron chi connectivity index (χ4n) is 2.37. The van der Waals surface area contributed by atoms with Gasteiger partial charge in [0.05, 0.1) is 0 Å². The van der Waals surface area contributed by atoms with Crippen molar-refractivity contribution in [3.8, 4) is 0 Å². The third-order valence-electron chi connectivity index (χ3n) is 3.67. The van der Waals surface area contributed by atoms with Crippen LogP contribution in [0.15, 0.2) is 46.8 Å². The standard InChI is InChI=1S/C13H18Si.Na.H/c1-3-14(2,12-8-4-5-9-12)13-10-6-7-11-13;;/h4-8,10H,3,9,11H2,1-2H3;;. The first-order valence-corrected chi connectivity index (χ1v) is 8.20. The van der Waals surface area contributed by atoms with Gasteiger partial charge in [-0.05, 0) is 12.8 Å². The van der Waals surface area contributed by atoms with E-state index in [1.165, 1.54) is 18.9 Å². The second-order valence-electron chi connectivity index (χ2n) is 4.33. The minimum absolute atomic E-state index is 0. The van der Waals surface area contributed by atoms with Gasteiger partial charge in [0.2, 0.25) is 0 Å². The van der Waals surface area contributed by atoms with Crippen LogP contribution in [0.1, 0.15) is 19.8 Å². The van der Waals surface area contributed by atoms with E-state index < -0.39 is 8.07 Å². The van der Waals surface area contributed by atoms with Crippen LogP contribution < -0.4 is 0 Å². The molecule has 2 aliphatic carbocycles. The number of hydrogen-bond acceptors (Lipinski definition) is 0. The average molecular weight is 226 g/mol. The molecule has 0 N–H and O–H groups in total. The van der Waals surface area contributed by atoms with Gasteiger partial charge in [0.25, 0.3) is 0 Å². The molecule has 76 valence electrons. The SMILES string of the molecule is CC[Si](C)(C1=CC=CC1)C1=CC=CC1.[NaH]. The maximum atomic E-state index is 2.52. The molecule has 0 saturated heterocycles. The Labute approximate surface area is 116 Å². The van der Waals surface area contributed by atoms with Gasteiger partial charge in [-0.15, -0.1) is 0 Å². The molecule has 0 aromatic rings. The second-order valence-corrected chi connectivity index (χ2v) is 8.99. The van der Waals surface area contributed by atoms with Crippen LogP contribution in [0.5, 0.6) is 0 Å². The first kappa shape index (κ1) is 13.2. The monoisotopic (exact) mass is 226 g/mol. The number of hydrogen-bond donors (Lipinski definition) is 0. The predicted molar refractivity (Wildman–Crippen MR) is 72.9 cm³/mol. The van der Waals surface area contributed by atoms with E-state index in [1.807, 2.05) is 0 Å². The van der Waals surface area contributed by atoms with Gasteiger partial charge in [0.15, 0.2) is 0 Å². The van der Waals surface area contributed by atoms with Crippen molar-refractivity contribution < 1.29 is 0 Å². The Hall–Kier alpha value is 0.177. The molecule has 0 heterocycles. The normalized spacial score (nSPS) is 18.8. The molecule has 0 amide bonds. The van der Waals surface area contributed by atoms with Crippen LogP contribution in [0.4, 0.5) is 0 Å². The van der Waals surface area contributed by atoms with E-state index >= 15 is 0 Å². The summed E-state index contributed by atoms with van der Waals surface area (Å²) < 4.78 is 0. The van der Waals surface area contributed by atoms with E-state index in [-0.39, 0.29) is 29.6 Å². The van der Waals surface area contributed by atoms with Crippen molar-refractivity contribution >= 4 is 37.6 Å². The van der Waals surface area contributed by atoms with Crippen molar-refractivity contribution in [3.05, 3.63) is 46.8 Å². The molecule has 0 aromatic carbocycles. The third-order valence-corrected chi connectivity index (χ3v) is 8.66. The summed E-state index contributed by atoms with van der Waals surface area (Å²) in [6.45, 7) is 4.87. The molecule has 0 saturated carbocycles. The molecule has 0 radical (unpaired) electrons. The number of allylic oxidation sites excluding steroid dienone is 8. The van der Waals surface area contributed by atoms with Crippen LogP contribution in [-0.2, 0) is 0 Å². The van der Waals surface area contributed by atoms with Crippen molar-refractivity contribution in [1.82, 2.24) is 0 Å². The zero-order chi connectivity index (χ0) is 10.0. The van der Waals surface area contributed by atoms with Crippen LogP contribution in [0.2, 0.25) is 12.6 Å². The molecule has 0 fully saturated rings. The van der Waals surface area contributed by atoms with E-state index in [4.69, 9.17) is 0 Å². The molecule has 0 aromatic heterocycles. The molecule has 0 atom stereocenters. The van der Waals surface area contributed by atoms with Crippen LogP contribution in [0, 0.1) is 0 Å². The Bertz CT molecular complexity index is 318. The summed E-state index contributed by atoms with van der Waals surface area (Å²) in [4.78, 5) is 0. The molecule has 0 unspecified atom stereocenters. The third kappa shape index (κ3) is 2.47. The van der Waals surface area contributed by atoms with Crippen molar-refractivity contribution in [3.63, 3.8) is 0 Å². The fourth-order valence-corrected chi connectivity index (χ4v) is 5.76. The van der Waals surface area contributed by atoms with Gasteiger partial charge in [-0.2, -0.15) is 0 Å². The van der Waals surface area contributed by atoms with E-state index in [9.17, 15) is 0 Å². The van der Waals surface area contributed by atoms with Crippen molar-refractivity contribution in [1.29, 1.82) is 0 Å². The van der Waals surface area contributed by atoms with Gasteiger partial charge in [-0.25, -0.2) is 0 Å². The van der Waals surface area contributed by atoms with Crippen LogP contribution in [0.25, 0.3) is 0 Å². The van der Waals surface area contributed by atoms with E-state index in [1.54, 1.807) is 10.4 Å². The summed E-state index contributed by atoms with van der Waals surface area (Å²) in [7, 11) is -1.26. The van der Waals surface area contributed by atoms with E-state index in [0.29, 0.717) is 0 Å². The minimum atomic E-state index is -1.26. The van der Waals surface area contributed by atoms with Crippen LogP contribution in [-0.4, -0.2) is 37.6 Å². The quantitative estimate of drug-likeness (QED) is 0.648. The van der Waals surface area contributed by atoms with Crippen LogP contribution in [0.3, 0.4) is 0 Å². The average Bonchev–Trinajstić information content (AvgIpc) is 2.88. The Morgan fingerprint density at radius 3 is 1.80 bits per heavy atom. The summed E-state index contributed by atoms with van der Waals surface area (Å²) in [5.41, 5.74) is 0. The Morgan fingerprint density at radius 1 is 1.07 bits per heavy atom. The van der Waals surface area contributed by atoms with Crippen LogP contribution >= 0.6 is 0 Å². The van der Waals surface area contributed by atoms with Crippen molar-refractivity contribution in [2.24, 2.45) is 0 Å². The first-order chi connectivity index (χ1) is 6.77. The Morgan fingerprint density at radius 2 is 1.53 bits per heavy atom. The summed E-state index contributed by atoms with van der Waals surface area (Å²) in [6, 6.07) is 1.34. The molecular formula is C13H19NaSi. The fraction of sp³-hybridized carbons (Fsp3) is 0.385. The van der Waals surface area contributed by atoms with Gasteiger partial charge in [0.1, 0.15) is 8.07 Å². The zero-order valence-corrected chi connectivity index (χ0v) is 10.1. The van der Waals surface area contributed by atoms with Gasteiger partial charge < -0.3 is 0 Å². The molecular weight excluding hydrogens is 207 g/mol. The van der Waals surface area contributed by atoms with Gasteiger partial charge in [-0.3, -0.25) is 0 Å². The molecule has 2 rings (SSSR count). The Kier molecular flexibility index (Phi) is 4.85. The summed E-state index contributed by atoms with van der Waals surface area (Å²) in [5.74, 6) is 0. The molecule has 0 spiro atoms. The van der Waals surface area contributed by atoms with E-state index in [0.717, 1.165) is 0 Å². The van der Waals surface area contributed by atoms with Gasteiger partial charge in [-0.1, -0.05) is 66.4 Å². The molecule has 0 aliphatic heterocycles. The maximum absolute atomic E-state index is 2.52. The predicted octanol–water partition coefficient (Wildman–Crippen LogP) is 3.29. The second kappa shape index (κ2) is 5.49. The van der Waals surface area contributed by atoms with Crippen molar-refractivity contribution in [2.75, 3.05) is 0 Å². The van der Waals surface area contributed by atoms with Gasteiger partial charge in [0, 0.05) is 0 Å². The molecule has 0 bridgehead atoms. The summed E-state index contributed by atoms with van der Waals surface area (Å²) in [6.07, 6.45) is 16.1. The first-order valence-electron chi connectivity index (χ1n) is 5.49. The Balaban J connectivity index is 0.00000112. The van der Waals surface area contributed by atoms with E-state index in [2.05, 4.69) is 49.9 Å². The van der Waals surface area contributed by atoms with Gasteiger partial charge >= 0.3 is 29.6 Å². The topological polar surface area (TPSA) is 0 Å². The molecule has 0 nitrogen and oxygen atoms in total. The molecule has 2 aliphatic rings. The van der Waals surface area contributed by atoms with Crippen molar-refractivity contribution in [2.45, 2.75) is 32.4 Å².